The maximum Gasteiger partial charge on any atom is 0.0622 e. The molecule has 0 aliphatic heterocycles. The van der Waals surface area contributed by atoms with E-state index in [0.717, 1.165) is 18.4 Å². The average molecular weight is 213 g/mol. The standard InChI is InChI=1S/C13H27NO/c1-11(7-9-13(2,3)15-4)8-10-14-12-5-6-12/h11-12,14H,5-10H2,1-4H3. The average Bonchev–Trinajstić information content (AvgIpc) is 2.99. The van der Waals surface area contributed by atoms with E-state index < -0.39 is 0 Å². The highest BCUT2D eigenvalue weighted by molar-refractivity contribution is 4.80. The van der Waals surface area contributed by atoms with Crippen LogP contribution in [-0.4, -0.2) is 25.3 Å². The molecule has 0 amide bonds. The number of methoxy groups -OCH3 is 1. The molecule has 0 radical (unpaired) electrons. The summed E-state index contributed by atoms with van der Waals surface area (Å²) in [6.45, 7) is 7.88. The summed E-state index contributed by atoms with van der Waals surface area (Å²) in [4.78, 5) is 0. The van der Waals surface area contributed by atoms with Crippen LogP contribution in [0.5, 0.6) is 0 Å². The van der Waals surface area contributed by atoms with Gasteiger partial charge in [0.2, 0.25) is 0 Å². The molecule has 0 aromatic carbocycles. The Hall–Kier alpha value is -0.0800. The van der Waals surface area contributed by atoms with Gasteiger partial charge in [0.05, 0.1) is 5.60 Å². The minimum atomic E-state index is 0.0538. The van der Waals surface area contributed by atoms with Crippen molar-refractivity contribution in [3.8, 4) is 0 Å². The van der Waals surface area contributed by atoms with E-state index in [4.69, 9.17) is 4.74 Å². The Kier molecular flexibility index (Phi) is 5.07. The molecule has 2 heteroatoms. The Balaban J connectivity index is 1.99. The van der Waals surface area contributed by atoms with Crippen molar-refractivity contribution >= 4 is 0 Å². The van der Waals surface area contributed by atoms with E-state index in [-0.39, 0.29) is 5.60 Å². The lowest BCUT2D eigenvalue weighted by Gasteiger charge is -2.24. The van der Waals surface area contributed by atoms with E-state index in [1.807, 2.05) is 0 Å². The van der Waals surface area contributed by atoms with Gasteiger partial charge >= 0.3 is 0 Å². The molecule has 1 unspecified atom stereocenters. The van der Waals surface area contributed by atoms with Crippen LogP contribution in [0.3, 0.4) is 0 Å². The van der Waals surface area contributed by atoms with Gasteiger partial charge in [0.1, 0.15) is 0 Å². The second-order valence-electron chi connectivity index (χ2n) is 5.62. The van der Waals surface area contributed by atoms with Crippen LogP contribution < -0.4 is 5.32 Å². The van der Waals surface area contributed by atoms with E-state index >= 15 is 0 Å². The van der Waals surface area contributed by atoms with E-state index in [2.05, 4.69) is 26.1 Å². The first kappa shape index (κ1) is 13.0. The van der Waals surface area contributed by atoms with Crippen LogP contribution in [-0.2, 0) is 4.74 Å². The normalized spacial score (nSPS) is 19.2. The summed E-state index contributed by atoms with van der Waals surface area (Å²) in [5, 5.41) is 3.57. The molecular weight excluding hydrogens is 186 g/mol. The van der Waals surface area contributed by atoms with Crippen molar-refractivity contribution in [3.05, 3.63) is 0 Å². The SMILES string of the molecule is COC(C)(C)CCC(C)CCNC1CC1. The first-order chi connectivity index (χ1) is 7.03. The predicted octanol–water partition coefficient (Wildman–Crippen LogP) is 2.97. The van der Waals surface area contributed by atoms with Crippen molar-refractivity contribution in [2.75, 3.05) is 13.7 Å². The van der Waals surface area contributed by atoms with Crippen molar-refractivity contribution in [2.24, 2.45) is 5.92 Å². The molecule has 2 nitrogen and oxygen atoms in total. The zero-order valence-electron chi connectivity index (χ0n) is 10.8. The summed E-state index contributed by atoms with van der Waals surface area (Å²) in [6.07, 6.45) is 6.52. The highest BCUT2D eigenvalue weighted by atomic mass is 16.5. The van der Waals surface area contributed by atoms with Gasteiger partial charge in [0, 0.05) is 13.2 Å². The molecule has 1 N–H and O–H groups in total. The minimum absolute atomic E-state index is 0.0538. The molecule has 0 spiro atoms. The third-order valence-electron chi connectivity index (χ3n) is 3.44. The molecule has 1 aliphatic carbocycles. The van der Waals surface area contributed by atoms with Gasteiger partial charge in [-0.05, 0) is 58.4 Å². The Morgan fingerprint density at radius 1 is 1.33 bits per heavy atom. The van der Waals surface area contributed by atoms with Crippen molar-refractivity contribution in [1.82, 2.24) is 5.32 Å². The second kappa shape index (κ2) is 5.86. The fraction of sp³-hybridized carbons (Fsp3) is 1.00. The number of ether oxygens (including phenoxy) is 1. The topological polar surface area (TPSA) is 21.3 Å². The fourth-order valence-corrected chi connectivity index (χ4v) is 1.66. The van der Waals surface area contributed by atoms with Gasteiger partial charge < -0.3 is 10.1 Å². The zero-order chi connectivity index (χ0) is 11.3. The predicted molar refractivity (Wildman–Crippen MR) is 65.1 cm³/mol. The lowest BCUT2D eigenvalue weighted by molar-refractivity contribution is 0.0106. The summed E-state index contributed by atoms with van der Waals surface area (Å²) in [5.41, 5.74) is 0.0538. The van der Waals surface area contributed by atoms with Gasteiger partial charge in [-0.25, -0.2) is 0 Å². The highest BCUT2D eigenvalue weighted by Gasteiger charge is 2.20. The number of nitrogens with one attached hydrogen (secondary N) is 1. The molecule has 0 aromatic heterocycles. The fourth-order valence-electron chi connectivity index (χ4n) is 1.66. The zero-order valence-corrected chi connectivity index (χ0v) is 10.8. The third kappa shape index (κ3) is 6.16. The van der Waals surface area contributed by atoms with Gasteiger partial charge in [-0.3, -0.25) is 0 Å². The van der Waals surface area contributed by atoms with Crippen molar-refractivity contribution in [3.63, 3.8) is 0 Å². The second-order valence-corrected chi connectivity index (χ2v) is 5.62. The van der Waals surface area contributed by atoms with E-state index in [1.54, 1.807) is 7.11 Å². The van der Waals surface area contributed by atoms with Crippen LogP contribution in [0.15, 0.2) is 0 Å². The third-order valence-corrected chi connectivity index (χ3v) is 3.44. The molecule has 1 atom stereocenters. The van der Waals surface area contributed by atoms with E-state index in [1.165, 1.54) is 32.2 Å². The maximum absolute atomic E-state index is 5.43. The van der Waals surface area contributed by atoms with Crippen LogP contribution in [0.2, 0.25) is 0 Å². The van der Waals surface area contributed by atoms with Gasteiger partial charge in [-0.1, -0.05) is 6.92 Å². The highest BCUT2D eigenvalue weighted by Crippen LogP contribution is 2.22. The number of hydrogen-bond acceptors (Lipinski definition) is 2. The van der Waals surface area contributed by atoms with E-state index in [9.17, 15) is 0 Å². The summed E-state index contributed by atoms with van der Waals surface area (Å²) in [7, 11) is 1.80. The summed E-state index contributed by atoms with van der Waals surface area (Å²) >= 11 is 0. The minimum Gasteiger partial charge on any atom is -0.379 e. The van der Waals surface area contributed by atoms with Gasteiger partial charge in [-0.15, -0.1) is 0 Å². The molecule has 0 saturated heterocycles. The van der Waals surface area contributed by atoms with Crippen LogP contribution in [0, 0.1) is 5.92 Å². The van der Waals surface area contributed by atoms with Gasteiger partial charge in [0.15, 0.2) is 0 Å². The molecular formula is C13H27NO. The van der Waals surface area contributed by atoms with Crippen molar-refractivity contribution in [2.45, 2.75) is 64.5 Å². The Morgan fingerprint density at radius 3 is 2.53 bits per heavy atom. The quantitative estimate of drug-likeness (QED) is 0.669. The molecule has 0 aromatic rings. The molecule has 15 heavy (non-hydrogen) atoms. The lowest BCUT2D eigenvalue weighted by Crippen LogP contribution is -2.24. The smallest absolute Gasteiger partial charge is 0.0622 e. The van der Waals surface area contributed by atoms with E-state index in [0.29, 0.717) is 0 Å². The molecule has 1 rings (SSSR count). The molecule has 0 bridgehead atoms. The Morgan fingerprint density at radius 2 is 2.00 bits per heavy atom. The summed E-state index contributed by atoms with van der Waals surface area (Å²) in [6, 6.07) is 0.854. The number of rotatable bonds is 8. The van der Waals surface area contributed by atoms with Gasteiger partial charge in [0.25, 0.3) is 0 Å². The molecule has 1 saturated carbocycles. The van der Waals surface area contributed by atoms with Crippen LogP contribution in [0.25, 0.3) is 0 Å². The number of hydrogen-bond donors (Lipinski definition) is 1. The molecule has 90 valence electrons. The van der Waals surface area contributed by atoms with Crippen molar-refractivity contribution < 1.29 is 4.74 Å². The summed E-state index contributed by atoms with van der Waals surface area (Å²) in [5.74, 6) is 0.811. The molecule has 1 aliphatic rings. The lowest BCUT2D eigenvalue weighted by atomic mass is 9.94. The van der Waals surface area contributed by atoms with Crippen LogP contribution in [0.4, 0.5) is 0 Å². The Bertz CT molecular complexity index is 175. The first-order valence-electron chi connectivity index (χ1n) is 6.32. The van der Waals surface area contributed by atoms with Crippen LogP contribution >= 0.6 is 0 Å². The van der Waals surface area contributed by atoms with Gasteiger partial charge in [-0.2, -0.15) is 0 Å². The Labute approximate surface area is 94.8 Å². The summed E-state index contributed by atoms with van der Waals surface area (Å²) < 4.78 is 5.43. The molecule has 1 fully saturated rings. The monoisotopic (exact) mass is 213 g/mol. The van der Waals surface area contributed by atoms with Crippen molar-refractivity contribution in [1.29, 1.82) is 0 Å². The first-order valence-corrected chi connectivity index (χ1v) is 6.32. The molecule has 0 heterocycles. The van der Waals surface area contributed by atoms with Crippen LogP contribution in [0.1, 0.15) is 52.9 Å². The maximum atomic E-state index is 5.43. The largest absolute Gasteiger partial charge is 0.379 e.